The molecule has 0 spiro atoms. The van der Waals surface area contributed by atoms with Crippen molar-refractivity contribution in [2.45, 2.75) is 18.4 Å². The maximum absolute atomic E-state index is 12.6. The molecule has 0 aromatic heterocycles. The number of carbonyl (C=O) groups excluding carboxylic acids is 2. The van der Waals surface area contributed by atoms with Gasteiger partial charge in [-0.05, 0) is 31.2 Å². The lowest BCUT2D eigenvalue weighted by Crippen LogP contribution is -2.35. The Labute approximate surface area is 172 Å². The maximum atomic E-state index is 12.6. The lowest BCUT2D eigenvalue weighted by atomic mass is 10.2. The van der Waals surface area contributed by atoms with Crippen molar-refractivity contribution in [1.29, 1.82) is 0 Å². The van der Waals surface area contributed by atoms with Crippen LogP contribution in [-0.2, 0) is 14.8 Å². The summed E-state index contributed by atoms with van der Waals surface area (Å²) in [6, 6.07) is 9.16. The summed E-state index contributed by atoms with van der Waals surface area (Å²) in [5.41, 5.74) is 0.476. The molecule has 1 N–H and O–H groups in total. The summed E-state index contributed by atoms with van der Waals surface area (Å²) < 4.78 is 60.3. The van der Waals surface area contributed by atoms with Crippen LogP contribution in [0.4, 0.5) is 14.5 Å². The number of ketones is 1. The van der Waals surface area contributed by atoms with Crippen LogP contribution in [0.1, 0.15) is 17.3 Å². The molecule has 2 rings (SSSR count). The molecule has 2 aromatic carbocycles. The van der Waals surface area contributed by atoms with E-state index in [2.05, 4.69) is 10.1 Å². The number of hydrogen-bond acceptors (Lipinski definition) is 6. The van der Waals surface area contributed by atoms with E-state index in [1.165, 1.54) is 57.5 Å². The monoisotopic (exact) mass is 442 g/mol. The summed E-state index contributed by atoms with van der Waals surface area (Å²) >= 11 is 0. The normalized spacial score (nSPS) is 11.4. The highest BCUT2D eigenvalue weighted by molar-refractivity contribution is 7.89. The van der Waals surface area contributed by atoms with Crippen LogP contribution in [0.15, 0.2) is 47.4 Å². The predicted molar refractivity (Wildman–Crippen MR) is 105 cm³/mol. The van der Waals surface area contributed by atoms with E-state index in [1.54, 1.807) is 0 Å². The van der Waals surface area contributed by atoms with Crippen molar-refractivity contribution in [2.24, 2.45) is 0 Å². The molecule has 30 heavy (non-hydrogen) atoms. The van der Waals surface area contributed by atoms with Gasteiger partial charge in [-0.3, -0.25) is 9.59 Å². The molecule has 0 fully saturated rings. The van der Waals surface area contributed by atoms with Crippen LogP contribution < -0.4 is 14.8 Å². The Kier molecular flexibility index (Phi) is 7.46. The van der Waals surface area contributed by atoms with Crippen LogP contribution in [0, 0.1) is 0 Å². The molecule has 0 aliphatic heterocycles. The van der Waals surface area contributed by atoms with Gasteiger partial charge in [0.05, 0.1) is 18.6 Å². The number of halogens is 2. The van der Waals surface area contributed by atoms with Gasteiger partial charge < -0.3 is 14.8 Å². The molecule has 0 aliphatic carbocycles. The van der Waals surface area contributed by atoms with Gasteiger partial charge in [0.15, 0.2) is 17.3 Å². The molecular formula is C19H20F2N2O6S. The van der Waals surface area contributed by atoms with Gasteiger partial charge in [0, 0.05) is 24.4 Å². The summed E-state index contributed by atoms with van der Waals surface area (Å²) in [5.74, 6) is -1.14. The Morgan fingerprint density at radius 2 is 1.73 bits per heavy atom. The Morgan fingerprint density at radius 1 is 1.10 bits per heavy atom. The van der Waals surface area contributed by atoms with Gasteiger partial charge in [-0.2, -0.15) is 13.1 Å². The fourth-order valence-corrected chi connectivity index (χ4v) is 3.60. The van der Waals surface area contributed by atoms with Gasteiger partial charge in [0.1, 0.15) is 0 Å². The molecule has 0 aliphatic rings. The molecular weight excluding hydrogens is 422 g/mol. The van der Waals surface area contributed by atoms with Crippen molar-refractivity contribution >= 4 is 27.4 Å². The number of likely N-dealkylation sites (N-methyl/N-ethyl adjacent to an activating group) is 1. The third kappa shape index (κ3) is 5.74. The van der Waals surface area contributed by atoms with Crippen molar-refractivity contribution < 1.29 is 36.3 Å². The number of carbonyl (C=O) groups is 2. The highest BCUT2D eigenvalue weighted by Crippen LogP contribution is 2.31. The zero-order valence-corrected chi connectivity index (χ0v) is 17.2. The molecule has 0 saturated carbocycles. The molecule has 8 nitrogen and oxygen atoms in total. The number of amides is 1. The van der Waals surface area contributed by atoms with Crippen LogP contribution in [-0.4, -0.2) is 51.7 Å². The number of hydrogen-bond donors (Lipinski definition) is 1. The van der Waals surface area contributed by atoms with Crippen molar-refractivity contribution in [2.75, 3.05) is 26.0 Å². The number of benzene rings is 2. The Morgan fingerprint density at radius 3 is 2.27 bits per heavy atom. The van der Waals surface area contributed by atoms with Gasteiger partial charge in [-0.25, -0.2) is 8.42 Å². The highest BCUT2D eigenvalue weighted by atomic mass is 32.2. The first-order valence-corrected chi connectivity index (χ1v) is 9.98. The summed E-state index contributed by atoms with van der Waals surface area (Å²) in [4.78, 5) is 23.5. The quantitative estimate of drug-likeness (QED) is 0.599. The van der Waals surface area contributed by atoms with E-state index in [0.29, 0.717) is 5.56 Å². The first-order chi connectivity index (χ1) is 14.0. The second-order valence-corrected chi connectivity index (χ2v) is 8.18. The Balaban J connectivity index is 2.10. The fourth-order valence-electron chi connectivity index (χ4n) is 2.47. The number of anilines is 1. The Hall–Kier alpha value is -3.05. The number of rotatable bonds is 9. The Bertz CT molecular complexity index is 1030. The molecule has 0 saturated heterocycles. The minimum atomic E-state index is -3.99. The van der Waals surface area contributed by atoms with Crippen LogP contribution >= 0.6 is 0 Å². The molecule has 162 valence electrons. The second-order valence-electron chi connectivity index (χ2n) is 6.13. The number of ether oxygens (including phenoxy) is 2. The van der Waals surface area contributed by atoms with E-state index in [1.807, 2.05) is 0 Å². The van der Waals surface area contributed by atoms with Crippen molar-refractivity contribution in [3.8, 4) is 11.5 Å². The van der Waals surface area contributed by atoms with E-state index in [-0.39, 0.29) is 27.9 Å². The van der Waals surface area contributed by atoms with E-state index in [9.17, 15) is 26.8 Å². The summed E-state index contributed by atoms with van der Waals surface area (Å²) in [6.07, 6.45) is 0. The molecule has 0 bridgehead atoms. The van der Waals surface area contributed by atoms with E-state index in [0.717, 1.165) is 10.4 Å². The largest absolute Gasteiger partial charge is 0.493 e. The standard InChI is InChI=1S/C19H20F2N2O6S/c1-12(24)13-4-7-15(8-5-13)30(26,27)23(2)11-18(25)22-14-6-9-16(28-3)17(10-14)29-19(20)21/h4-10,19H,11H2,1-3H3,(H,22,25). The van der Waals surface area contributed by atoms with Crippen molar-refractivity contribution in [3.05, 3.63) is 48.0 Å². The molecule has 0 radical (unpaired) electrons. The SMILES string of the molecule is COc1ccc(NC(=O)CN(C)S(=O)(=O)c2ccc(C(C)=O)cc2)cc1OC(F)F. The predicted octanol–water partition coefficient (Wildman–Crippen LogP) is 2.76. The second kappa shape index (κ2) is 9.63. The smallest absolute Gasteiger partial charge is 0.387 e. The van der Waals surface area contributed by atoms with Crippen molar-refractivity contribution in [3.63, 3.8) is 0 Å². The number of Topliss-reactive ketones (excluding diaryl/α,β-unsaturated/α-hetero) is 1. The van der Waals surface area contributed by atoms with E-state index >= 15 is 0 Å². The minimum absolute atomic E-state index is 0.0435. The molecule has 0 unspecified atom stereocenters. The average molecular weight is 442 g/mol. The van der Waals surface area contributed by atoms with Crippen LogP contribution in [0.3, 0.4) is 0 Å². The zero-order valence-electron chi connectivity index (χ0n) is 16.4. The average Bonchev–Trinajstić information content (AvgIpc) is 2.67. The van der Waals surface area contributed by atoms with Gasteiger partial charge in [0.2, 0.25) is 15.9 Å². The number of nitrogens with one attached hydrogen (secondary N) is 1. The lowest BCUT2D eigenvalue weighted by molar-refractivity contribution is -0.116. The summed E-state index contributed by atoms with van der Waals surface area (Å²) in [6.45, 7) is -2.26. The fraction of sp³-hybridized carbons (Fsp3) is 0.263. The number of nitrogens with zero attached hydrogens (tertiary/aromatic N) is 1. The van der Waals surface area contributed by atoms with Crippen molar-refractivity contribution in [1.82, 2.24) is 4.31 Å². The number of methoxy groups -OCH3 is 1. The summed E-state index contributed by atoms with van der Waals surface area (Å²) in [5, 5.41) is 2.42. The molecule has 11 heteroatoms. The van der Waals surface area contributed by atoms with Gasteiger partial charge in [-0.15, -0.1) is 0 Å². The topological polar surface area (TPSA) is 102 Å². The summed E-state index contributed by atoms with van der Waals surface area (Å²) in [7, 11) is -1.50. The van der Waals surface area contributed by atoms with Crippen LogP contribution in [0.2, 0.25) is 0 Å². The minimum Gasteiger partial charge on any atom is -0.493 e. The highest BCUT2D eigenvalue weighted by Gasteiger charge is 2.23. The third-order valence-corrected chi connectivity index (χ3v) is 5.82. The lowest BCUT2D eigenvalue weighted by Gasteiger charge is -2.17. The molecule has 0 atom stereocenters. The van der Waals surface area contributed by atoms with E-state index < -0.39 is 29.1 Å². The van der Waals surface area contributed by atoms with Gasteiger partial charge in [-0.1, -0.05) is 12.1 Å². The van der Waals surface area contributed by atoms with Gasteiger partial charge >= 0.3 is 6.61 Å². The number of alkyl halides is 2. The van der Waals surface area contributed by atoms with E-state index in [4.69, 9.17) is 4.74 Å². The molecule has 0 heterocycles. The third-order valence-electron chi connectivity index (χ3n) is 4.00. The van der Waals surface area contributed by atoms with Crippen LogP contribution in [0.5, 0.6) is 11.5 Å². The first-order valence-electron chi connectivity index (χ1n) is 8.54. The zero-order chi connectivity index (χ0) is 22.5. The van der Waals surface area contributed by atoms with Crippen LogP contribution in [0.25, 0.3) is 0 Å². The number of sulfonamides is 1. The molecule has 2 aromatic rings. The first kappa shape index (κ1) is 23.2. The van der Waals surface area contributed by atoms with Gasteiger partial charge in [0.25, 0.3) is 0 Å². The molecule has 1 amide bonds. The maximum Gasteiger partial charge on any atom is 0.387 e.